The third-order valence-corrected chi connectivity index (χ3v) is 4.83. The topological polar surface area (TPSA) is 38.4 Å². The molecule has 106 valence electrons. The van der Waals surface area contributed by atoms with Crippen molar-refractivity contribution in [1.82, 2.24) is 0 Å². The zero-order valence-corrected chi connectivity index (χ0v) is 13.7. The van der Waals surface area contributed by atoms with Crippen molar-refractivity contribution in [2.75, 3.05) is 0 Å². The first kappa shape index (κ1) is 15.1. The molecule has 2 aromatic rings. The lowest BCUT2D eigenvalue weighted by Gasteiger charge is -2.12. The van der Waals surface area contributed by atoms with Crippen LogP contribution in [0.2, 0.25) is 19.6 Å². The molecule has 0 fully saturated rings. The van der Waals surface area contributed by atoms with Gasteiger partial charge in [-0.2, -0.15) is 5.10 Å². The molecule has 3 heteroatoms. The van der Waals surface area contributed by atoms with Crippen molar-refractivity contribution < 1.29 is 0 Å². The highest BCUT2D eigenvalue weighted by atomic mass is 28.3. The number of hydrogen-bond donors (Lipinski definition) is 1. The largest absolute Gasteiger partial charge is 0.323 e. The lowest BCUT2D eigenvalue weighted by Crippen LogP contribution is -2.33. The summed E-state index contributed by atoms with van der Waals surface area (Å²) in [5.74, 6) is 11.7. The third kappa shape index (κ3) is 4.07. The molecule has 0 aliphatic rings. The van der Waals surface area contributed by atoms with E-state index < -0.39 is 8.07 Å². The fourth-order valence-electron chi connectivity index (χ4n) is 1.92. The Hall–Kier alpha value is -2.31. The Labute approximate surface area is 127 Å². The Bertz CT molecular complexity index is 684. The van der Waals surface area contributed by atoms with Crippen LogP contribution >= 0.6 is 0 Å². The number of rotatable bonds is 2. The second kappa shape index (κ2) is 6.42. The number of hydrazone groups is 1. The highest BCUT2D eigenvalue weighted by Crippen LogP contribution is 2.18. The van der Waals surface area contributed by atoms with Crippen LogP contribution in [-0.2, 0) is 0 Å². The first-order chi connectivity index (χ1) is 10.0. The van der Waals surface area contributed by atoms with E-state index in [2.05, 4.69) is 60.8 Å². The van der Waals surface area contributed by atoms with Gasteiger partial charge in [-0.25, -0.2) is 0 Å². The van der Waals surface area contributed by atoms with E-state index in [1.807, 2.05) is 30.3 Å². The molecule has 2 N–H and O–H groups in total. The molecule has 0 radical (unpaired) electrons. The van der Waals surface area contributed by atoms with Crippen LogP contribution in [0.1, 0.15) is 5.56 Å². The smallest absolute Gasteiger partial charge is 0.115 e. The normalized spacial score (nSPS) is 11.7. The molecular formula is C18H20N2Si. The summed E-state index contributed by atoms with van der Waals surface area (Å²) in [6.07, 6.45) is 0. The molecule has 0 aliphatic heterocycles. The molecule has 0 spiro atoms. The summed E-state index contributed by atoms with van der Waals surface area (Å²) in [6, 6.07) is 18.6. The van der Waals surface area contributed by atoms with E-state index in [-0.39, 0.29) is 0 Å². The van der Waals surface area contributed by atoms with E-state index in [0.717, 1.165) is 10.9 Å². The zero-order valence-electron chi connectivity index (χ0n) is 12.7. The second-order valence-corrected chi connectivity index (χ2v) is 10.9. The molecule has 0 saturated heterocycles. The molecule has 0 unspecified atom stereocenters. The molecular weight excluding hydrogens is 272 g/mol. The monoisotopic (exact) mass is 292 g/mol. The molecule has 2 aromatic carbocycles. The number of hydrogen-bond acceptors (Lipinski definition) is 2. The van der Waals surface area contributed by atoms with E-state index in [4.69, 9.17) is 5.84 Å². The minimum atomic E-state index is -1.55. The summed E-state index contributed by atoms with van der Waals surface area (Å²) in [7, 11) is -1.55. The summed E-state index contributed by atoms with van der Waals surface area (Å²) in [5, 5.41) is 4.69. The van der Waals surface area contributed by atoms with Crippen LogP contribution in [0, 0.1) is 11.8 Å². The SMILES string of the molecule is C[Si](C)(C)/C(C#Cc1ccc(-c2ccccc2)cc1)=N/N. The molecule has 0 amide bonds. The summed E-state index contributed by atoms with van der Waals surface area (Å²) in [4.78, 5) is 0. The maximum Gasteiger partial charge on any atom is 0.115 e. The maximum absolute atomic E-state index is 5.44. The molecule has 0 heterocycles. The van der Waals surface area contributed by atoms with Gasteiger partial charge in [-0.1, -0.05) is 68.0 Å². The summed E-state index contributed by atoms with van der Waals surface area (Å²) in [6.45, 7) is 6.56. The van der Waals surface area contributed by atoms with Gasteiger partial charge in [0, 0.05) is 5.56 Å². The first-order valence-electron chi connectivity index (χ1n) is 6.96. The van der Waals surface area contributed by atoms with Crippen molar-refractivity contribution in [3.8, 4) is 23.0 Å². The molecule has 21 heavy (non-hydrogen) atoms. The fourth-order valence-corrected chi connectivity index (χ4v) is 2.75. The Morgan fingerprint density at radius 3 is 2.00 bits per heavy atom. The quantitative estimate of drug-likeness (QED) is 0.294. The van der Waals surface area contributed by atoms with Crippen molar-refractivity contribution in [3.63, 3.8) is 0 Å². The van der Waals surface area contributed by atoms with Crippen LogP contribution in [0.3, 0.4) is 0 Å². The molecule has 0 aromatic heterocycles. The van der Waals surface area contributed by atoms with Gasteiger partial charge in [0.05, 0.1) is 5.33 Å². The standard InChI is InChI=1S/C18H20N2Si/c1-21(2,3)18(20-19)14-11-15-9-12-17(13-10-15)16-7-5-4-6-8-16/h4-10,12-13H,19H2,1-3H3/b20-18+. The summed E-state index contributed by atoms with van der Waals surface area (Å²) < 4.78 is 0. The molecule has 0 saturated carbocycles. The van der Waals surface area contributed by atoms with Crippen LogP contribution in [0.25, 0.3) is 11.1 Å². The number of nitrogens with two attached hydrogens (primary N) is 1. The Balaban J connectivity index is 2.22. The summed E-state index contributed by atoms with van der Waals surface area (Å²) >= 11 is 0. The van der Waals surface area contributed by atoms with Crippen molar-refractivity contribution in [1.29, 1.82) is 0 Å². The van der Waals surface area contributed by atoms with Crippen molar-refractivity contribution in [2.24, 2.45) is 10.9 Å². The maximum atomic E-state index is 5.44. The van der Waals surface area contributed by atoms with Gasteiger partial charge in [-0.05, 0) is 29.2 Å². The predicted molar refractivity (Wildman–Crippen MR) is 93.7 cm³/mol. The van der Waals surface area contributed by atoms with E-state index >= 15 is 0 Å². The Kier molecular flexibility index (Phi) is 4.61. The average molecular weight is 292 g/mol. The minimum Gasteiger partial charge on any atom is -0.323 e. The third-order valence-electron chi connectivity index (χ3n) is 3.16. The van der Waals surface area contributed by atoms with E-state index in [1.54, 1.807) is 0 Å². The van der Waals surface area contributed by atoms with Crippen molar-refractivity contribution in [3.05, 3.63) is 60.2 Å². The fraction of sp³-hybridized carbons (Fsp3) is 0.167. The van der Waals surface area contributed by atoms with Crippen molar-refractivity contribution in [2.45, 2.75) is 19.6 Å². The molecule has 0 bridgehead atoms. The van der Waals surface area contributed by atoms with Gasteiger partial charge in [-0.3, -0.25) is 0 Å². The molecule has 2 nitrogen and oxygen atoms in total. The van der Waals surface area contributed by atoms with Crippen LogP contribution < -0.4 is 5.84 Å². The van der Waals surface area contributed by atoms with Gasteiger partial charge in [0.15, 0.2) is 0 Å². The Morgan fingerprint density at radius 2 is 1.48 bits per heavy atom. The highest BCUT2D eigenvalue weighted by Gasteiger charge is 2.19. The molecule has 2 rings (SSSR count). The van der Waals surface area contributed by atoms with Gasteiger partial charge in [0.1, 0.15) is 8.07 Å². The van der Waals surface area contributed by atoms with Gasteiger partial charge in [0.25, 0.3) is 0 Å². The second-order valence-electron chi connectivity index (χ2n) is 5.92. The number of nitrogens with zero attached hydrogens (tertiary/aromatic N) is 1. The lowest BCUT2D eigenvalue weighted by atomic mass is 10.0. The van der Waals surface area contributed by atoms with Gasteiger partial charge in [0.2, 0.25) is 0 Å². The first-order valence-corrected chi connectivity index (χ1v) is 10.5. The Morgan fingerprint density at radius 1 is 0.905 bits per heavy atom. The van der Waals surface area contributed by atoms with E-state index in [9.17, 15) is 0 Å². The number of benzene rings is 2. The van der Waals surface area contributed by atoms with Gasteiger partial charge in [-0.15, -0.1) is 0 Å². The van der Waals surface area contributed by atoms with Crippen LogP contribution in [0.5, 0.6) is 0 Å². The molecule has 0 atom stereocenters. The predicted octanol–water partition coefficient (Wildman–Crippen LogP) is 3.90. The van der Waals surface area contributed by atoms with Gasteiger partial charge >= 0.3 is 0 Å². The average Bonchev–Trinajstić information content (AvgIpc) is 2.48. The van der Waals surface area contributed by atoms with Crippen LogP contribution in [0.4, 0.5) is 0 Å². The van der Waals surface area contributed by atoms with E-state index in [1.165, 1.54) is 11.1 Å². The van der Waals surface area contributed by atoms with E-state index in [0.29, 0.717) is 0 Å². The van der Waals surface area contributed by atoms with Crippen LogP contribution in [-0.4, -0.2) is 13.4 Å². The van der Waals surface area contributed by atoms with Crippen molar-refractivity contribution >= 4 is 13.4 Å². The minimum absolute atomic E-state index is 0.842. The van der Waals surface area contributed by atoms with Crippen LogP contribution in [0.15, 0.2) is 59.7 Å². The zero-order chi connectivity index (χ0) is 15.3. The summed E-state index contributed by atoms with van der Waals surface area (Å²) in [5.41, 5.74) is 3.39. The van der Waals surface area contributed by atoms with Gasteiger partial charge < -0.3 is 5.84 Å². The lowest BCUT2D eigenvalue weighted by molar-refractivity contribution is 1.26. The molecule has 0 aliphatic carbocycles. The highest BCUT2D eigenvalue weighted by molar-refractivity contribution is 7.06.